The van der Waals surface area contributed by atoms with Crippen LogP contribution in [-0.2, 0) is 4.74 Å². The lowest BCUT2D eigenvalue weighted by molar-refractivity contribution is 0.289. The molecule has 0 saturated carbocycles. The number of aliphatic imine (C=N–C) groups is 1. The minimum atomic E-state index is 0.406. The van der Waals surface area contributed by atoms with Crippen molar-refractivity contribution in [3.8, 4) is 0 Å². The minimum Gasteiger partial charge on any atom is -0.481 e. The molecule has 0 aromatic rings. The molecule has 1 atom stereocenters. The largest absolute Gasteiger partial charge is 0.481 e. The summed E-state index contributed by atoms with van der Waals surface area (Å²) in [5.41, 5.74) is 0. The Labute approximate surface area is 60.9 Å². The molecule has 2 nitrogen and oxygen atoms in total. The first-order chi connectivity index (χ1) is 4.83. The quantitative estimate of drug-likeness (QED) is 0.539. The Morgan fingerprint density at radius 1 is 1.60 bits per heavy atom. The van der Waals surface area contributed by atoms with Crippen LogP contribution in [0.2, 0.25) is 0 Å². The number of hydrogen-bond acceptors (Lipinski definition) is 2. The van der Waals surface area contributed by atoms with Gasteiger partial charge in [-0.15, -0.1) is 0 Å². The highest BCUT2D eigenvalue weighted by atomic mass is 16.5. The van der Waals surface area contributed by atoms with Crippen molar-refractivity contribution in [1.29, 1.82) is 0 Å². The summed E-state index contributed by atoms with van der Waals surface area (Å²) >= 11 is 0. The van der Waals surface area contributed by atoms with Gasteiger partial charge < -0.3 is 4.74 Å². The summed E-state index contributed by atoms with van der Waals surface area (Å²) in [5.74, 6) is 1.07. The average molecular weight is 137 g/mol. The summed E-state index contributed by atoms with van der Waals surface area (Å²) in [6.45, 7) is 2.08. The standard InChI is InChI=1S/C8H11NO/c1-7-4-3-5-8(10-2)9-6-7/h3-7H,1-2H3. The maximum absolute atomic E-state index is 4.93. The Morgan fingerprint density at radius 2 is 2.40 bits per heavy atom. The van der Waals surface area contributed by atoms with E-state index in [1.54, 1.807) is 7.11 Å². The van der Waals surface area contributed by atoms with Crippen LogP contribution in [-0.4, -0.2) is 13.3 Å². The van der Waals surface area contributed by atoms with E-state index >= 15 is 0 Å². The molecule has 0 saturated heterocycles. The molecule has 0 N–H and O–H groups in total. The van der Waals surface area contributed by atoms with Gasteiger partial charge in [-0.05, 0) is 6.08 Å². The second-order valence-electron chi connectivity index (χ2n) is 2.23. The summed E-state index contributed by atoms with van der Waals surface area (Å²) in [5, 5.41) is 0. The first kappa shape index (κ1) is 7.06. The SMILES string of the molecule is COC1=CC=CC(C)C=N1. The zero-order valence-electron chi connectivity index (χ0n) is 6.24. The van der Waals surface area contributed by atoms with E-state index in [0.29, 0.717) is 11.8 Å². The van der Waals surface area contributed by atoms with Crippen LogP contribution in [0.25, 0.3) is 0 Å². The molecule has 0 aromatic carbocycles. The van der Waals surface area contributed by atoms with Gasteiger partial charge in [0.2, 0.25) is 5.88 Å². The Bertz CT molecular complexity index is 191. The van der Waals surface area contributed by atoms with Gasteiger partial charge in [-0.2, -0.15) is 0 Å². The van der Waals surface area contributed by atoms with Crippen LogP contribution < -0.4 is 0 Å². The van der Waals surface area contributed by atoms with Gasteiger partial charge in [-0.25, -0.2) is 4.99 Å². The van der Waals surface area contributed by atoms with E-state index in [9.17, 15) is 0 Å². The molecule has 0 bridgehead atoms. The number of methoxy groups -OCH3 is 1. The van der Waals surface area contributed by atoms with Gasteiger partial charge in [0.1, 0.15) is 0 Å². The molecule has 0 aliphatic carbocycles. The molecule has 0 fully saturated rings. The maximum Gasteiger partial charge on any atom is 0.212 e. The van der Waals surface area contributed by atoms with Crippen molar-refractivity contribution in [3.05, 3.63) is 24.1 Å². The highest BCUT2D eigenvalue weighted by Gasteiger charge is 1.96. The first-order valence-corrected chi connectivity index (χ1v) is 3.29. The smallest absolute Gasteiger partial charge is 0.212 e. The third kappa shape index (κ3) is 1.72. The van der Waals surface area contributed by atoms with Gasteiger partial charge in [0, 0.05) is 12.1 Å². The van der Waals surface area contributed by atoms with E-state index in [2.05, 4.69) is 18.0 Å². The molecule has 0 radical (unpaired) electrons. The van der Waals surface area contributed by atoms with Crippen molar-refractivity contribution in [3.63, 3.8) is 0 Å². The lowest BCUT2D eigenvalue weighted by Crippen LogP contribution is -1.88. The molecule has 1 heterocycles. The van der Waals surface area contributed by atoms with Crippen LogP contribution in [0, 0.1) is 5.92 Å². The molecule has 0 amide bonds. The van der Waals surface area contributed by atoms with Crippen LogP contribution in [0.4, 0.5) is 0 Å². The van der Waals surface area contributed by atoms with E-state index in [1.165, 1.54) is 0 Å². The van der Waals surface area contributed by atoms with Gasteiger partial charge in [0.15, 0.2) is 0 Å². The van der Waals surface area contributed by atoms with E-state index in [4.69, 9.17) is 4.74 Å². The maximum atomic E-state index is 4.93. The molecule has 0 spiro atoms. The number of hydrogen-bond donors (Lipinski definition) is 0. The van der Waals surface area contributed by atoms with Crippen molar-refractivity contribution < 1.29 is 4.74 Å². The van der Waals surface area contributed by atoms with Crippen LogP contribution in [0.5, 0.6) is 0 Å². The van der Waals surface area contributed by atoms with E-state index in [0.717, 1.165) is 0 Å². The van der Waals surface area contributed by atoms with Gasteiger partial charge in [-0.1, -0.05) is 19.1 Å². The van der Waals surface area contributed by atoms with Crippen LogP contribution >= 0.6 is 0 Å². The summed E-state index contributed by atoms with van der Waals surface area (Å²) in [6.07, 6.45) is 7.73. The van der Waals surface area contributed by atoms with E-state index < -0.39 is 0 Å². The number of rotatable bonds is 1. The minimum absolute atomic E-state index is 0.406. The molecular formula is C8H11NO. The molecule has 1 aliphatic heterocycles. The molecule has 0 aromatic heterocycles. The molecular weight excluding hydrogens is 126 g/mol. The lowest BCUT2D eigenvalue weighted by Gasteiger charge is -1.95. The Morgan fingerprint density at radius 3 is 3.10 bits per heavy atom. The lowest BCUT2D eigenvalue weighted by atomic mass is 10.2. The third-order valence-electron chi connectivity index (χ3n) is 1.30. The third-order valence-corrected chi connectivity index (χ3v) is 1.30. The summed E-state index contributed by atoms with van der Waals surface area (Å²) in [6, 6.07) is 0. The normalized spacial score (nSPS) is 23.8. The van der Waals surface area contributed by atoms with Crippen LogP contribution in [0.1, 0.15) is 6.92 Å². The van der Waals surface area contributed by atoms with E-state index in [1.807, 2.05) is 18.4 Å². The van der Waals surface area contributed by atoms with Crippen LogP contribution in [0.15, 0.2) is 29.1 Å². The molecule has 10 heavy (non-hydrogen) atoms. The molecule has 1 aliphatic rings. The number of allylic oxidation sites excluding steroid dienone is 3. The van der Waals surface area contributed by atoms with Crippen molar-refractivity contribution in [1.82, 2.24) is 0 Å². The molecule has 2 heteroatoms. The fraction of sp³-hybridized carbons (Fsp3) is 0.375. The van der Waals surface area contributed by atoms with Gasteiger partial charge in [0.25, 0.3) is 0 Å². The second-order valence-corrected chi connectivity index (χ2v) is 2.23. The van der Waals surface area contributed by atoms with Crippen molar-refractivity contribution >= 4 is 6.21 Å². The Balaban J connectivity index is 2.71. The number of ether oxygens (including phenoxy) is 1. The van der Waals surface area contributed by atoms with E-state index in [-0.39, 0.29) is 0 Å². The topological polar surface area (TPSA) is 21.6 Å². The summed E-state index contributed by atoms with van der Waals surface area (Å²) in [4.78, 5) is 4.07. The molecule has 1 rings (SSSR count). The summed E-state index contributed by atoms with van der Waals surface area (Å²) < 4.78 is 4.93. The Kier molecular flexibility index (Phi) is 2.26. The molecule has 54 valence electrons. The highest BCUT2D eigenvalue weighted by Crippen LogP contribution is 2.04. The first-order valence-electron chi connectivity index (χ1n) is 3.29. The average Bonchev–Trinajstić information content (AvgIpc) is 2.14. The van der Waals surface area contributed by atoms with Crippen LogP contribution in [0.3, 0.4) is 0 Å². The van der Waals surface area contributed by atoms with Crippen molar-refractivity contribution in [2.24, 2.45) is 10.9 Å². The Hall–Kier alpha value is -1.05. The fourth-order valence-electron chi connectivity index (χ4n) is 0.718. The summed E-state index contributed by atoms with van der Waals surface area (Å²) in [7, 11) is 1.62. The molecule has 1 unspecified atom stereocenters. The van der Waals surface area contributed by atoms with Crippen molar-refractivity contribution in [2.75, 3.05) is 7.11 Å². The second kappa shape index (κ2) is 3.20. The zero-order chi connectivity index (χ0) is 7.40. The zero-order valence-corrected chi connectivity index (χ0v) is 6.24. The van der Waals surface area contributed by atoms with Gasteiger partial charge in [-0.3, -0.25) is 0 Å². The monoisotopic (exact) mass is 137 g/mol. The van der Waals surface area contributed by atoms with Crippen molar-refractivity contribution in [2.45, 2.75) is 6.92 Å². The predicted molar refractivity (Wildman–Crippen MR) is 41.9 cm³/mol. The predicted octanol–water partition coefficient (Wildman–Crippen LogP) is 1.75. The number of nitrogens with zero attached hydrogens (tertiary/aromatic N) is 1. The fourth-order valence-corrected chi connectivity index (χ4v) is 0.718. The van der Waals surface area contributed by atoms with Gasteiger partial charge in [0.05, 0.1) is 7.11 Å². The van der Waals surface area contributed by atoms with Gasteiger partial charge >= 0.3 is 0 Å². The highest BCUT2D eigenvalue weighted by molar-refractivity contribution is 5.64.